The average molecular weight is 321 g/mol. The summed E-state index contributed by atoms with van der Waals surface area (Å²) in [5.41, 5.74) is 3.16. The van der Waals surface area contributed by atoms with Crippen LogP contribution < -0.4 is 9.47 Å². The number of hydrogen-bond acceptors (Lipinski definition) is 4. The zero-order chi connectivity index (χ0) is 17.3. The molecule has 4 nitrogen and oxygen atoms in total. The van der Waals surface area contributed by atoms with Crippen molar-refractivity contribution < 1.29 is 14.3 Å². The van der Waals surface area contributed by atoms with E-state index in [4.69, 9.17) is 9.47 Å². The van der Waals surface area contributed by atoms with E-state index in [1.807, 2.05) is 44.2 Å². The van der Waals surface area contributed by atoms with Crippen LogP contribution in [0.5, 0.6) is 11.5 Å². The molecule has 24 heavy (non-hydrogen) atoms. The van der Waals surface area contributed by atoms with Gasteiger partial charge in [0.25, 0.3) is 0 Å². The van der Waals surface area contributed by atoms with Gasteiger partial charge >= 0.3 is 0 Å². The predicted molar refractivity (Wildman–Crippen MR) is 94.2 cm³/mol. The second-order valence-corrected chi connectivity index (χ2v) is 5.79. The number of pyridine rings is 1. The van der Waals surface area contributed by atoms with Crippen LogP contribution in [0.2, 0.25) is 0 Å². The number of rotatable bonds is 4. The maximum absolute atomic E-state index is 13.0. The fourth-order valence-corrected chi connectivity index (χ4v) is 2.92. The van der Waals surface area contributed by atoms with Crippen LogP contribution in [0, 0.1) is 13.8 Å². The van der Waals surface area contributed by atoms with Crippen LogP contribution in [-0.2, 0) is 0 Å². The lowest BCUT2D eigenvalue weighted by Crippen LogP contribution is -2.06. The summed E-state index contributed by atoms with van der Waals surface area (Å²) in [5.74, 6) is 1.10. The number of hydrogen-bond donors (Lipinski definition) is 0. The molecule has 0 N–H and O–H groups in total. The molecular formula is C20H19NO3. The van der Waals surface area contributed by atoms with Crippen molar-refractivity contribution in [2.45, 2.75) is 13.8 Å². The lowest BCUT2D eigenvalue weighted by atomic mass is 9.99. The molecule has 3 rings (SSSR count). The van der Waals surface area contributed by atoms with Crippen molar-refractivity contribution >= 4 is 16.6 Å². The Hall–Kier alpha value is -2.88. The van der Waals surface area contributed by atoms with Crippen molar-refractivity contribution in [2.24, 2.45) is 0 Å². The van der Waals surface area contributed by atoms with Gasteiger partial charge in [0.15, 0.2) is 11.5 Å². The Balaban J connectivity index is 2.20. The molecule has 0 saturated heterocycles. The van der Waals surface area contributed by atoms with Gasteiger partial charge in [-0.05, 0) is 49.6 Å². The molecular weight excluding hydrogens is 302 g/mol. The van der Waals surface area contributed by atoms with Gasteiger partial charge in [-0.1, -0.05) is 17.2 Å². The number of methoxy groups -OCH3 is 2. The first-order valence-corrected chi connectivity index (χ1v) is 7.67. The molecule has 0 spiro atoms. The van der Waals surface area contributed by atoms with E-state index >= 15 is 0 Å². The van der Waals surface area contributed by atoms with Crippen LogP contribution in [0.3, 0.4) is 0 Å². The van der Waals surface area contributed by atoms with E-state index < -0.39 is 0 Å². The Morgan fingerprint density at radius 2 is 1.54 bits per heavy atom. The Labute approximate surface area is 141 Å². The molecule has 0 amide bonds. The topological polar surface area (TPSA) is 48.4 Å². The zero-order valence-electron chi connectivity index (χ0n) is 14.2. The van der Waals surface area contributed by atoms with Gasteiger partial charge in [-0.2, -0.15) is 0 Å². The molecule has 4 heteroatoms. The van der Waals surface area contributed by atoms with Gasteiger partial charge in [0.2, 0.25) is 5.78 Å². The molecule has 0 fully saturated rings. The number of nitrogens with zero attached hydrogens (tertiary/aromatic N) is 1. The zero-order valence-corrected chi connectivity index (χ0v) is 14.2. The molecule has 1 heterocycles. The van der Waals surface area contributed by atoms with Crippen molar-refractivity contribution in [2.75, 3.05) is 14.2 Å². The average Bonchev–Trinajstić information content (AvgIpc) is 2.58. The van der Waals surface area contributed by atoms with E-state index in [1.165, 1.54) is 0 Å². The predicted octanol–water partition coefficient (Wildman–Crippen LogP) is 4.10. The van der Waals surface area contributed by atoms with Crippen molar-refractivity contribution in [1.82, 2.24) is 4.98 Å². The monoisotopic (exact) mass is 321 g/mol. The summed E-state index contributed by atoms with van der Waals surface area (Å²) in [6, 6.07) is 11.3. The highest BCUT2D eigenvalue weighted by atomic mass is 16.5. The summed E-state index contributed by atoms with van der Waals surface area (Å²) >= 11 is 0. The van der Waals surface area contributed by atoms with E-state index in [-0.39, 0.29) is 5.78 Å². The normalized spacial score (nSPS) is 10.7. The van der Waals surface area contributed by atoms with Gasteiger partial charge < -0.3 is 9.47 Å². The highest BCUT2D eigenvalue weighted by Gasteiger charge is 2.17. The lowest BCUT2D eigenvalue weighted by Gasteiger charge is -2.11. The van der Waals surface area contributed by atoms with Crippen molar-refractivity contribution in [3.05, 3.63) is 65.0 Å². The van der Waals surface area contributed by atoms with Crippen LogP contribution in [0.1, 0.15) is 27.2 Å². The number of aryl methyl sites for hydroxylation is 2. The van der Waals surface area contributed by atoms with Gasteiger partial charge in [0.05, 0.1) is 14.2 Å². The van der Waals surface area contributed by atoms with Crippen LogP contribution in [0.15, 0.2) is 42.6 Å². The molecule has 0 atom stereocenters. The van der Waals surface area contributed by atoms with E-state index in [1.54, 1.807) is 26.5 Å². The number of benzene rings is 2. The maximum atomic E-state index is 13.0. The summed E-state index contributed by atoms with van der Waals surface area (Å²) < 4.78 is 10.7. The number of aromatic nitrogens is 1. The molecule has 1 aromatic heterocycles. The fraction of sp³-hybridized carbons (Fsp3) is 0.200. The number of ketones is 1. The van der Waals surface area contributed by atoms with Crippen LogP contribution >= 0.6 is 0 Å². The number of fused-ring (bicyclic) bond motifs is 1. The Kier molecular flexibility index (Phi) is 4.21. The Bertz CT molecular complexity index is 911. The fourth-order valence-electron chi connectivity index (χ4n) is 2.92. The van der Waals surface area contributed by atoms with E-state index in [2.05, 4.69) is 4.98 Å². The minimum absolute atomic E-state index is 0.0976. The highest BCUT2D eigenvalue weighted by Crippen LogP contribution is 2.33. The molecule has 0 aliphatic carbocycles. The summed E-state index contributed by atoms with van der Waals surface area (Å²) in [5, 5.41) is 1.63. The van der Waals surface area contributed by atoms with Crippen LogP contribution in [0.4, 0.5) is 0 Å². The standard InChI is InChI=1S/C20H19NO3/c1-12-7-13(2)9-15(8-12)20(22)19-16-11-18(24-4)17(23-3)10-14(16)5-6-21-19/h5-11H,1-4H3. The largest absolute Gasteiger partial charge is 0.493 e. The van der Waals surface area contributed by atoms with E-state index in [9.17, 15) is 4.79 Å². The van der Waals surface area contributed by atoms with Gasteiger partial charge in [-0.25, -0.2) is 0 Å². The second-order valence-electron chi connectivity index (χ2n) is 5.79. The van der Waals surface area contributed by atoms with Gasteiger partial charge in [-0.15, -0.1) is 0 Å². The van der Waals surface area contributed by atoms with Gasteiger partial charge in [0.1, 0.15) is 5.69 Å². The van der Waals surface area contributed by atoms with Crippen LogP contribution in [-0.4, -0.2) is 25.0 Å². The summed E-state index contributed by atoms with van der Waals surface area (Å²) in [6.45, 7) is 3.96. The first kappa shape index (κ1) is 16.0. The summed E-state index contributed by atoms with van der Waals surface area (Å²) in [6.07, 6.45) is 1.64. The molecule has 122 valence electrons. The third-order valence-corrected chi connectivity index (χ3v) is 3.97. The number of carbonyl (C=O) groups excluding carboxylic acids is 1. The first-order chi connectivity index (χ1) is 11.5. The molecule has 0 radical (unpaired) electrons. The van der Waals surface area contributed by atoms with Crippen LogP contribution in [0.25, 0.3) is 10.8 Å². The SMILES string of the molecule is COc1cc2ccnc(C(=O)c3cc(C)cc(C)c3)c2cc1OC. The first-order valence-electron chi connectivity index (χ1n) is 7.67. The Morgan fingerprint density at radius 3 is 2.17 bits per heavy atom. The third kappa shape index (κ3) is 2.83. The summed E-state index contributed by atoms with van der Waals surface area (Å²) in [7, 11) is 3.16. The summed E-state index contributed by atoms with van der Waals surface area (Å²) in [4.78, 5) is 17.3. The van der Waals surface area contributed by atoms with Gasteiger partial charge in [0, 0.05) is 17.1 Å². The minimum atomic E-state index is -0.0976. The molecule has 0 aliphatic rings. The van der Waals surface area contributed by atoms with Gasteiger partial charge in [-0.3, -0.25) is 9.78 Å². The third-order valence-electron chi connectivity index (χ3n) is 3.97. The van der Waals surface area contributed by atoms with E-state index in [0.717, 1.165) is 21.9 Å². The molecule has 3 aromatic rings. The molecule has 0 saturated carbocycles. The van der Waals surface area contributed by atoms with Crippen molar-refractivity contribution in [3.63, 3.8) is 0 Å². The smallest absolute Gasteiger partial charge is 0.211 e. The number of carbonyl (C=O) groups is 1. The second kappa shape index (κ2) is 6.32. The lowest BCUT2D eigenvalue weighted by molar-refractivity contribution is 0.103. The molecule has 0 bridgehead atoms. The van der Waals surface area contributed by atoms with Crippen molar-refractivity contribution in [3.8, 4) is 11.5 Å². The minimum Gasteiger partial charge on any atom is -0.493 e. The highest BCUT2D eigenvalue weighted by molar-refractivity contribution is 6.15. The Morgan fingerprint density at radius 1 is 0.917 bits per heavy atom. The number of ether oxygens (including phenoxy) is 2. The van der Waals surface area contributed by atoms with E-state index in [0.29, 0.717) is 22.8 Å². The van der Waals surface area contributed by atoms with Crippen molar-refractivity contribution in [1.29, 1.82) is 0 Å². The molecule has 0 aliphatic heterocycles. The maximum Gasteiger partial charge on any atom is 0.211 e. The molecule has 2 aromatic carbocycles. The molecule has 0 unspecified atom stereocenters. The quantitative estimate of drug-likeness (QED) is 0.679.